The number of hydrogen-bond acceptors (Lipinski definition) is 3. The van der Waals surface area contributed by atoms with Gasteiger partial charge in [-0.2, -0.15) is 0 Å². The molecule has 1 amide bonds. The SMILES string of the molecule is CCN(CC)C(C)CNC(=O)c1ccc(SC)cc1. The van der Waals surface area contributed by atoms with Gasteiger partial charge in [0.05, 0.1) is 0 Å². The summed E-state index contributed by atoms with van der Waals surface area (Å²) >= 11 is 1.68. The maximum absolute atomic E-state index is 12.0. The number of rotatable bonds is 7. The van der Waals surface area contributed by atoms with Crippen molar-refractivity contribution in [1.29, 1.82) is 0 Å². The molecular weight excluding hydrogens is 256 g/mol. The smallest absolute Gasteiger partial charge is 0.251 e. The summed E-state index contributed by atoms with van der Waals surface area (Å²) in [5.74, 6) is 0.00617. The predicted molar refractivity (Wildman–Crippen MR) is 82.9 cm³/mol. The van der Waals surface area contributed by atoms with Gasteiger partial charge >= 0.3 is 0 Å². The highest BCUT2D eigenvalue weighted by molar-refractivity contribution is 7.98. The van der Waals surface area contributed by atoms with E-state index < -0.39 is 0 Å². The lowest BCUT2D eigenvalue weighted by Crippen LogP contribution is -2.41. The fourth-order valence-electron chi connectivity index (χ4n) is 2.06. The second-order valence-corrected chi connectivity index (χ2v) is 5.39. The number of thioether (sulfide) groups is 1. The van der Waals surface area contributed by atoms with Gasteiger partial charge in [-0.15, -0.1) is 11.8 Å². The van der Waals surface area contributed by atoms with Crippen LogP contribution < -0.4 is 5.32 Å². The van der Waals surface area contributed by atoms with Crippen molar-refractivity contribution in [2.75, 3.05) is 25.9 Å². The Hall–Kier alpha value is -1.00. The zero-order valence-electron chi connectivity index (χ0n) is 12.3. The molecule has 1 aromatic carbocycles. The van der Waals surface area contributed by atoms with Gasteiger partial charge < -0.3 is 5.32 Å². The molecule has 0 aliphatic heterocycles. The van der Waals surface area contributed by atoms with Crippen molar-refractivity contribution < 1.29 is 4.79 Å². The molecule has 1 rings (SSSR count). The van der Waals surface area contributed by atoms with Gasteiger partial charge in [-0.3, -0.25) is 9.69 Å². The van der Waals surface area contributed by atoms with Crippen LogP contribution >= 0.6 is 11.8 Å². The summed E-state index contributed by atoms with van der Waals surface area (Å²) in [4.78, 5) is 15.5. The van der Waals surface area contributed by atoms with Crippen LogP contribution in [0.2, 0.25) is 0 Å². The lowest BCUT2D eigenvalue weighted by atomic mass is 10.2. The molecule has 0 aliphatic carbocycles. The monoisotopic (exact) mass is 280 g/mol. The summed E-state index contributed by atoms with van der Waals surface area (Å²) in [6.45, 7) is 9.13. The van der Waals surface area contributed by atoms with E-state index in [9.17, 15) is 4.79 Å². The largest absolute Gasteiger partial charge is 0.350 e. The minimum absolute atomic E-state index is 0.00617. The van der Waals surface area contributed by atoms with Gasteiger partial charge in [0.1, 0.15) is 0 Å². The summed E-state index contributed by atoms with van der Waals surface area (Å²) in [7, 11) is 0. The number of nitrogens with zero attached hydrogens (tertiary/aromatic N) is 1. The van der Waals surface area contributed by atoms with Gasteiger partial charge in [0.2, 0.25) is 0 Å². The Balaban J connectivity index is 2.50. The van der Waals surface area contributed by atoms with Crippen LogP contribution in [-0.4, -0.2) is 42.7 Å². The Bertz CT molecular complexity index is 388. The number of likely N-dealkylation sites (N-methyl/N-ethyl adjacent to an activating group) is 1. The quantitative estimate of drug-likeness (QED) is 0.780. The van der Waals surface area contributed by atoms with Gasteiger partial charge in [0, 0.05) is 23.0 Å². The fraction of sp³-hybridized carbons (Fsp3) is 0.533. The third-order valence-electron chi connectivity index (χ3n) is 3.35. The Morgan fingerprint density at radius 3 is 2.32 bits per heavy atom. The molecule has 1 aromatic rings. The van der Waals surface area contributed by atoms with Gasteiger partial charge in [-0.05, 0) is 50.5 Å². The van der Waals surface area contributed by atoms with E-state index in [0.29, 0.717) is 12.6 Å². The van der Waals surface area contributed by atoms with Crippen molar-refractivity contribution in [3.05, 3.63) is 29.8 Å². The number of hydrogen-bond donors (Lipinski definition) is 1. The fourth-order valence-corrected chi connectivity index (χ4v) is 2.47. The van der Waals surface area contributed by atoms with E-state index in [1.165, 1.54) is 4.90 Å². The number of carbonyl (C=O) groups excluding carboxylic acids is 1. The van der Waals surface area contributed by atoms with Crippen molar-refractivity contribution in [3.8, 4) is 0 Å². The highest BCUT2D eigenvalue weighted by atomic mass is 32.2. The molecule has 0 spiro atoms. The van der Waals surface area contributed by atoms with Gasteiger partial charge in [-0.1, -0.05) is 13.8 Å². The number of benzene rings is 1. The first-order valence-electron chi connectivity index (χ1n) is 6.78. The first kappa shape index (κ1) is 16.1. The van der Waals surface area contributed by atoms with E-state index in [4.69, 9.17) is 0 Å². The third kappa shape index (κ3) is 4.88. The Morgan fingerprint density at radius 1 is 1.26 bits per heavy atom. The zero-order valence-corrected chi connectivity index (χ0v) is 13.1. The van der Waals surface area contributed by atoms with E-state index in [0.717, 1.165) is 18.7 Å². The van der Waals surface area contributed by atoms with E-state index >= 15 is 0 Å². The molecule has 0 saturated heterocycles. The summed E-state index contributed by atoms with van der Waals surface area (Å²) in [5.41, 5.74) is 0.726. The molecule has 3 nitrogen and oxygen atoms in total. The van der Waals surface area contributed by atoms with Crippen molar-refractivity contribution in [1.82, 2.24) is 10.2 Å². The summed E-state index contributed by atoms with van der Waals surface area (Å²) in [5, 5.41) is 3.00. The lowest BCUT2D eigenvalue weighted by Gasteiger charge is -2.26. The minimum Gasteiger partial charge on any atom is -0.350 e. The van der Waals surface area contributed by atoms with E-state index in [-0.39, 0.29) is 5.91 Å². The summed E-state index contributed by atoms with van der Waals surface area (Å²) in [6, 6.07) is 8.08. The Kier molecular flexibility index (Phi) is 6.95. The first-order chi connectivity index (χ1) is 9.12. The zero-order chi connectivity index (χ0) is 14.3. The Labute approximate surface area is 120 Å². The lowest BCUT2D eigenvalue weighted by molar-refractivity contribution is 0.0938. The van der Waals surface area contributed by atoms with E-state index in [1.54, 1.807) is 11.8 Å². The molecule has 0 aliphatic rings. The van der Waals surface area contributed by atoms with Crippen molar-refractivity contribution in [2.45, 2.75) is 31.7 Å². The highest BCUT2D eigenvalue weighted by Crippen LogP contribution is 2.14. The van der Waals surface area contributed by atoms with E-state index in [2.05, 4.69) is 31.0 Å². The van der Waals surface area contributed by atoms with Crippen LogP contribution in [0.3, 0.4) is 0 Å². The molecule has 4 heteroatoms. The maximum Gasteiger partial charge on any atom is 0.251 e. The van der Waals surface area contributed by atoms with Crippen molar-refractivity contribution >= 4 is 17.7 Å². The maximum atomic E-state index is 12.0. The molecule has 0 heterocycles. The van der Waals surface area contributed by atoms with Crippen LogP contribution in [0, 0.1) is 0 Å². The number of amides is 1. The number of carbonyl (C=O) groups is 1. The highest BCUT2D eigenvalue weighted by Gasteiger charge is 2.12. The average Bonchev–Trinajstić information content (AvgIpc) is 2.46. The van der Waals surface area contributed by atoms with Gasteiger partial charge in [0.15, 0.2) is 0 Å². The van der Waals surface area contributed by atoms with Crippen LogP contribution in [0.1, 0.15) is 31.1 Å². The van der Waals surface area contributed by atoms with Gasteiger partial charge in [-0.25, -0.2) is 0 Å². The summed E-state index contributed by atoms with van der Waals surface area (Å²) in [6.07, 6.45) is 2.03. The molecule has 0 radical (unpaired) electrons. The average molecular weight is 280 g/mol. The minimum atomic E-state index is 0.00617. The third-order valence-corrected chi connectivity index (χ3v) is 4.09. The molecule has 106 valence electrons. The molecule has 1 N–H and O–H groups in total. The van der Waals surface area contributed by atoms with Crippen LogP contribution in [0.5, 0.6) is 0 Å². The molecule has 0 aromatic heterocycles. The summed E-state index contributed by atoms with van der Waals surface area (Å²) < 4.78 is 0. The van der Waals surface area contributed by atoms with Crippen LogP contribution in [0.4, 0.5) is 0 Å². The topological polar surface area (TPSA) is 32.3 Å². The first-order valence-corrected chi connectivity index (χ1v) is 8.01. The predicted octanol–water partition coefficient (Wildman–Crippen LogP) is 2.87. The molecule has 0 fully saturated rings. The van der Waals surface area contributed by atoms with Crippen molar-refractivity contribution in [3.63, 3.8) is 0 Å². The molecule has 1 unspecified atom stereocenters. The van der Waals surface area contributed by atoms with Gasteiger partial charge in [0.25, 0.3) is 5.91 Å². The normalized spacial score (nSPS) is 12.5. The van der Waals surface area contributed by atoms with Crippen LogP contribution in [0.15, 0.2) is 29.2 Å². The van der Waals surface area contributed by atoms with Crippen molar-refractivity contribution in [2.24, 2.45) is 0 Å². The second kappa shape index (κ2) is 8.23. The Morgan fingerprint density at radius 2 is 1.84 bits per heavy atom. The standard InChI is InChI=1S/C15H24N2OS/c1-5-17(6-2)12(3)11-16-15(18)13-7-9-14(19-4)10-8-13/h7-10,12H,5-6,11H2,1-4H3,(H,16,18). The molecule has 1 atom stereocenters. The van der Waals surface area contributed by atoms with E-state index in [1.807, 2.05) is 30.5 Å². The number of nitrogens with one attached hydrogen (secondary N) is 1. The van der Waals surface area contributed by atoms with Crippen LogP contribution in [0.25, 0.3) is 0 Å². The molecule has 0 bridgehead atoms. The van der Waals surface area contributed by atoms with Crippen LogP contribution in [-0.2, 0) is 0 Å². The second-order valence-electron chi connectivity index (χ2n) is 4.51. The molecular formula is C15H24N2OS. The molecule has 0 saturated carbocycles. The molecule has 19 heavy (non-hydrogen) atoms.